The molecule has 1 atom stereocenters. The van der Waals surface area contributed by atoms with Crippen molar-refractivity contribution in [1.82, 2.24) is 15.0 Å². The van der Waals surface area contributed by atoms with E-state index in [1.54, 1.807) is 12.1 Å². The average molecular weight is 311 g/mol. The van der Waals surface area contributed by atoms with Gasteiger partial charge in [0.25, 0.3) is 0 Å². The number of hydrogen-bond donors (Lipinski definition) is 0. The number of ether oxygens (including phenoxy) is 1. The lowest BCUT2D eigenvalue weighted by atomic mass is 10.2. The Morgan fingerprint density at radius 2 is 1.95 bits per heavy atom. The van der Waals surface area contributed by atoms with E-state index in [0.717, 1.165) is 12.0 Å². The molecule has 0 spiro atoms. The van der Waals surface area contributed by atoms with Gasteiger partial charge in [-0.1, -0.05) is 24.2 Å². The van der Waals surface area contributed by atoms with Crippen LogP contribution in [0.25, 0.3) is 0 Å². The van der Waals surface area contributed by atoms with Crippen LogP contribution in [0.15, 0.2) is 28.8 Å². The highest BCUT2D eigenvalue weighted by atomic mass is 19.3. The van der Waals surface area contributed by atoms with Crippen molar-refractivity contribution >= 4 is 0 Å². The van der Waals surface area contributed by atoms with Gasteiger partial charge in [0, 0.05) is 13.0 Å². The third kappa shape index (κ3) is 4.24. The van der Waals surface area contributed by atoms with Crippen LogP contribution >= 0.6 is 0 Å². The zero-order valence-electron chi connectivity index (χ0n) is 12.8. The maximum absolute atomic E-state index is 12.1. The minimum atomic E-state index is -2.81. The minimum absolute atomic E-state index is 0.0372. The number of nitrogens with zero attached hydrogens (tertiary/aromatic N) is 3. The fourth-order valence-corrected chi connectivity index (χ4v) is 1.97. The molecule has 7 heteroatoms. The van der Waals surface area contributed by atoms with Crippen molar-refractivity contribution in [3.8, 4) is 5.75 Å². The van der Waals surface area contributed by atoms with Crippen LogP contribution in [-0.2, 0) is 13.0 Å². The van der Waals surface area contributed by atoms with Gasteiger partial charge in [0.1, 0.15) is 5.75 Å². The molecule has 1 heterocycles. The molecule has 0 saturated heterocycles. The maximum atomic E-state index is 12.1. The molecule has 120 valence electrons. The summed E-state index contributed by atoms with van der Waals surface area (Å²) in [5, 5.41) is 3.88. The molecule has 22 heavy (non-hydrogen) atoms. The third-order valence-corrected chi connectivity index (χ3v) is 3.40. The van der Waals surface area contributed by atoms with E-state index in [-0.39, 0.29) is 11.8 Å². The van der Waals surface area contributed by atoms with E-state index in [4.69, 9.17) is 4.52 Å². The Bertz CT molecular complexity index is 587. The van der Waals surface area contributed by atoms with Gasteiger partial charge in [-0.05, 0) is 31.7 Å². The zero-order chi connectivity index (χ0) is 16.1. The van der Waals surface area contributed by atoms with E-state index in [1.807, 2.05) is 25.8 Å². The Morgan fingerprint density at radius 3 is 2.50 bits per heavy atom. The van der Waals surface area contributed by atoms with Crippen molar-refractivity contribution in [2.45, 2.75) is 39.5 Å². The summed E-state index contributed by atoms with van der Waals surface area (Å²) in [5.41, 5.74) is 0.978. The van der Waals surface area contributed by atoms with Crippen molar-refractivity contribution in [2.24, 2.45) is 0 Å². The molecule has 0 saturated carbocycles. The zero-order valence-corrected chi connectivity index (χ0v) is 12.8. The second-order valence-electron chi connectivity index (χ2n) is 5.02. The molecule has 1 aromatic heterocycles. The summed E-state index contributed by atoms with van der Waals surface area (Å²) < 4.78 is 33.8. The molecule has 0 radical (unpaired) electrons. The van der Waals surface area contributed by atoms with Crippen LogP contribution in [0, 0.1) is 0 Å². The summed E-state index contributed by atoms with van der Waals surface area (Å²) in [6.07, 6.45) is 0.728. The molecule has 0 aliphatic rings. The normalized spacial score (nSPS) is 12.9. The summed E-state index contributed by atoms with van der Waals surface area (Å²) >= 11 is 0. The lowest BCUT2D eigenvalue weighted by molar-refractivity contribution is -0.0498. The largest absolute Gasteiger partial charge is 0.435 e. The van der Waals surface area contributed by atoms with E-state index in [2.05, 4.69) is 14.9 Å². The van der Waals surface area contributed by atoms with Crippen molar-refractivity contribution in [3.05, 3.63) is 41.5 Å². The van der Waals surface area contributed by atoms with Gasteiger partial charge in [-0.3, -0.25) is 4.90 Å². The van der Waals surface area contributed by atoms with Gasteiger partial charge >= 0.3 is 6.61 Å². The maximum Gasteiger partial charge on any atom is 0.387 e. The van der Waals surface area contributed by atoms with Crippen molar-refractivity contribution in [3.63, 3.8) is 0 Å². The summed E-state index contributed by atoms with van der Waals surface area (Å²) in [6, 6.07) is 6.53. The predicted molar refractivity (Wildman–Crippen MR) is 76.6 cm³/mol. The number of aryl methyl sites for hydroxylation is 1. The number of halogens is 2. The van der Waals surface area contributed by atoms with Gasteiger partial charge in [-0.2, -0.15) is 13.8 Å². The van der Waals surface area contributed by atoms with Crippen LogP contribution in [0.4, 0.5) is 8.78 Å². The molecule has 0 fully saturated rings. The van der Waals surface area contributed by atoms with E-state index in [9.17, 15) is 8.78 Å². The first kappa shape index (κ1) is 16.4. The van der Waals surface area contributed by atoms with Gasteiger partial charge < -0.3 is 9.26 Å². The Labute approximate surface area is 127 Å². The van der Waals surface area contributed by atoms with Crippen LogP contribution in [-0.4, -0.2) is 28.7 Å². The first-order chi connectivity index (χ1) is 10.5. The Hall–Kier alpha value is -2.02. The summed E-state index contributed by atoms with van der Waals surface area (Å²) in [7, 11) is 1.93. The molecule has 0 unspecified atom stereocenters. The quantitative estimate of drug-likeness (QED) is 0.784. The lowest BCUT2D eigenvalue weighted by Crippen LogP contribution is -2.22. The first-order valence-corrected chi connectivity index (χ1v) is 7.06. The molecule has 0 bridgehead atoms. The van der Waals surface area contributed by atoms with E-state index < -0.39 is 6.61 Å². The highest BCUT2D eigenvalue weighted by molar-refractivity contribution is 5.27. The van der Waals surface area contributed by atoms with Gasteiger partial charge in [-0.15, -0.1) is 0 Å². The summed E-state index contributed by atoms with van der Waals surface area (Å²) in [4.78, 5) is 6.35. The molecule has 0 aliphatic carbocycles. The number of benzene rings is 1. The van der Waals surface area contributed by atoms with E-state index in [0.29, 0.717) is 18.3 Å². The first-order valence-electron chi connectivity index (χ1n) is 7.06. The standard InChI is InChI=1S/C15H19F2N3O2/c1-4-13-18-14(22-19-13)10(2)20(3)9-11-5-7-12(8-6-11)21-15(16)17/h5-8,10,15H,4,9H2,1-3H3/t10-/m1/s1. The molecule has 0 N–H and O–H groups in total. The topological polar surface area (TPSA) is 51.4 Å². The summed E-state index contributed by atoms with van der Waals surface area (Å²) in [5.74, 6) is 1.40. The van der Waals surface area contributed by atoms with Crippen molar-refractivity contribution < 1.29 is 18.0 Å². The van der Waals surface area contributed by atoms with Gasteiger partial charge in [-0.25, -0.2) is 0 Å². The van der Waals surface area contributed by atoms with Crippen LogP contribution in [0.1, 0.15) is 37.2 Å². The molecular weight excluding hydrogens is 292 g/mol. The Kier molecular flexibility index (Phi) is 5.43. The molecule has 1 aromatic carbocycles. The SMILES string of the molecule is CCc1noc([C@@H](C)N(C)Cc2ccc(OC(F)F)cc2)n1. The fraction of sp³-hybridized carbons (Fsp3) is 0.467. The van der Waals surface area contributed by atoms with Crippen molar-refractivity contribution in [2.75, 3.05) is 7.05 Å². The van der Waals surface area contributed by atoms with E-state index in [1.165, 1.54) is 12.1 Å². The van der Waals surface area contributed by atoms with Crippen LogP contribution < -0.4 is 4.74 Å². The highest BCUT2D eigenvalue weighted by Gasteiger charge is 2.18. The Morgan fingerprint density at radius 1 is 1.27 bits per heavy atom. The molecular formula is C15H19F2N3O2. The molecule has 0 amide bonds. The van der Waals surface area contributed by atoms with E-state index >= 15 is 0 Å². The smallest absolute Gasteiger partial charge is 0.387 e. The number of aromatic nitrogens is 2. The van der Waals surface area contributed by atoms with Crippen molar-refractivity contribution in [1.29, 1.82) is 0 Å². The lowest BCUT2D eigenvalue weighted by Gasteiger charge is -2.21. The number of hydrogen-bond acceptors (Lipinski definition) is 5. The molecule has 0 aliphatic heterocycles. The number of rotatable bonds is 7. The Balaban J connectivity index is 1.97. The van der Waals surface area contributed by atoms with Crippen LogP contribution in [0.3, 0.4) is 0 Å². The minimum Gasteiger partial charge on any atom is -0.435 e. The number of alkyl halides is 2. The van der Waals surface area contributed by atoms with Gasteiger partial charge in [0.2, 0.25) is 5.89 Å². The second-order valence-corrected chi connectivity index (χ2v) is 5.02. The monoisotopic (exact) mass is 311 g/mol. The molecule has 2 rings (SSSR count). The summed E-state index contributed by atoms with van der Waals surface area (Å²) in [6.45, 7) is 1.76. The predicted octanol–water partition coefficient (Wildman–Crippen LogP) is 3.43. The van der Waals surface area contributed by atoms with Gasteiger partial charge in [0.15, 0.2) is 5.82 Å². The third-order valence-electron chi connectivity index (χ3n) is 3.40. The second kappa shape index (κ2) is 7.31. The van der Waals surface area contributed by atoms with Crippen LogP contribution in [0.2, 0.25) is 0 Å². The van der Waals surface area contributed by atoms with Gasteiger partial charge in [0.05, 0.1) is 6.04 Å². The average Bonchev–Trinajstić information content (AvgIpc) is 2.97. The fourth-order valence-electron chi connectivity index (χ4n) is 1.97. The molecule has 2 aromatic rings. The highest BCUT2D eigenvalue weighted by Crippen LogP contribution is 2.21. The molecule has 5 nitrogen and oxygen atoms in total. The van der Waals surface area contributed by atoms with Crippen LogP contribution in [0.5, 0.6) is 5.75 Å².